The van der Waals surface area contributed by atoms with Crippen LogP contribution in [0.1, 0.15) is 29.6 Å². The van der Waals surface area contributed by atoms with E-state index in [1.54, 1.807) is 0 Å². The summed E-state index contributed by atoms with van der Waals surface area (Å²) in [7, 11) is 0. The Kier molecular flexibility index (Phi) is 3.28. The molecule has 7 heteroatoms. The van der Waals surface area contributed by atoms with Crippen LogP contribution in [0.5, 0.6) is 0 Å². The zero-order chi connectivity index (χ0) is 16.3. The maximum atomic E-state index is 5.49. The number of hydrogen-bond donors (Lipinski definition) is 0. The molecule has 0 N–H and O–H groups in total. The van der Waals surface area contributed by atoms with Gasteiger partial charge in [-0.05, 0) is 37.7 Å². The number of fused-ring (bicyclic) bond motifs is 5. The number of hydrogen-bond acceptors (Lipinski definition) is 6. The quantitative estimate of drug-likeness (QED) is 0.680. The highest BCUT2D eigenvalue weighted by atomic mass is 32.1. The van der Waals surface area contributed by atoms with Gasteiger partial charge in [0, 0.05) is 18.0 Å². The van der Waals surface area contributed by atoms with Gasteiger partial charge in [0.15, 0.2) is 5.65 Å². The SMILES string of the molecule is Cc1nc2c3c4c(sc3nc(N3CCOCC3)n2n1)CC[C@H](C)C4. The molecular weight excluding hydrogens is 322 g/mol. The van der Waals surface area contributed by atoms with Crippen molar-refractivity contribution in [3.05, 3.63) is 16.3 Å². The van der Waals surface area contributed by atoms with E-state index in [1.807, 2.05) is 22.8 Å². The maximum absolute atomic E-state index is 5.49. The van der Waals surface area contributed by atoms with Gasteiger partial charge in [0.1, 0.15) is 10.7 Å². The van der Waals surface area contributed by atoms with Gasteiger partial charge in [-0.2, -0.15) is 4.52 Å². The van der Waals surface area contributed by atoms with E-state index in [9.17, 15) is 0 Å². The van der Waals surface area contributed by atoms with E-state index in [4.69, 9.17) is 14.7 Å². The van der Waals surface area contributed by atoms with Crippen LogP contribution < -0.4 is 4.90 Å². The minimum Gasteiger partial charge on any atom is -0.378 e. The molecule has 1 saturated heterocycles. The summed E-state index contributed by atoms with van der Waals surface area (Å²) in [5.41, 5.74) is 2.44. The van der Waals surface area contributed by atoms with Gasteiger partial charge in [-0.3, -0.25) is 0 Å². The van der Waals surface area contributed by atoms with E-state index in [-0.39, 0.29) is 0 Å². The zero-order valence-electron chi connectivity index (χ0n) is 14.1. The molecule has 0 unspecified atom stereocenters. The van der Waals surface area contributed by atoms with Crippen LogP contribution in [-0.4, -0.2) is 45.9 Å². The molecule has 0 saturated carbocycles. The third-order valence-corrected chi connectivity index (χ3v) is 6.30. The summed E-state index contributed by atoms with van der Waals surface area (Å²) in [6, 6.07) is 0. The number of thiophene rings is 1. The normalized spacial score (nSPS) is 21.6. The molecule has 0 aromatic carbocycles. The topological polar surface area (TPSA) is 55.5 Å². The van der Waals surface area contributed by atoms with Crippen molar-refractivity contribution in [2.45, 2.75) is 33.1 Å². The number of aromatic nitrogens is 4. The molecule has 6 nitrogen and oxygen atoms in total. The van der Waals surface area contributed by atoms with E-state index in [1.165, 1.54) is 28.7 Å². The molecule has 4 heterocycles. The maximum Gasteiger partial charge on any atom is 0.230 e. The van der Waals surface area contributed by atoms with Crippen LogP contribution in [0.15, 0.2) is 0 Å². The summed E-state index contributed by atoms with van der Waals surface area (Å²) in [4.78, 5) is 14.7. The predicted octanol–water partition coefficient (Wildman–Crippen LogP) is 2.61. The summed E-state index contributed by atoms with van der Waals surface area (Å²) in [6.07, 6.45) is 3.58. The van der Waals surface area contributed by atoms with Crippen molar-refractivity contribution < 1.29 is 4.74 Å². The molecule has 24 heavy (non-hydrogen) atoms. The van der Waals surface area contributed by atoms with Crippen molar-refractivity contribution >= 4 is 33.1 Å². The smallest absolute Gasteiger partial charge is 0.230 e. The molecule has 0 bridgehead atoms. The number of anilines is 1. The lowest BCUT2D eigenvalue weighted by Crippen LogP contribution is -2.38. The van der Waals surface area contributed by atoms with Gasteiger partial charge in [-0.25, -0.2) is 9.97 Å². The van der Waals surface area contributed by atoms with Crippen molar-refractivity contribution in [3.63, 3.8) is 0 Å². The number of aryl methyl sites for hydroxylation is 2. The Morgan fingerprint density at radius 2 is 2.04 bits per heavy atom. The van der Waals surface area contributed by atoms with Crippen LogP contribution in [0.4, 0.5) is 5.95 Å². The second-order valence-electron chi connectivity index (χ2n) is 6.94. The lowest BCUT2D eigenvalue weighted by molar-refractivity contribution is 0.122. The van der Waals surface area contributed by atoms with Gasteiger partial charge in [0.2, 0.25) is 5.95 Å². The van der Waals surface area contributed by atoms with Crippen LogP contribution in [0.25, 0.3) is 15.9 Å². The summed E-state index contributed by atoms with van der Waals surface area (Å²) >= 11 is 1.85. The Bertz CT molecular complexity index is 924. The largest absolute Gasteiger partial charge is 0.378 e. The summed E-state index contributed by atoms with van der Waals surface area (Å²) < 4.78 is 7.45. The minimum absolute atomic E-state index is 0.735. The Hall–Kier alpha value is -1.73. The average Bonchev–Trinajstić information content (AvgIpc) is 3.14. The molecule has 0 radical (unpaired) electrons. The number of ether oxygens (including phenoxy) is 1. The summed E-state index contributed by atoms with van der Waals surface area (Å²) in [6.45, 7) is 7.50. The monoisotopic (exact) mass is 343 g/mol. The first kappa shape index (κ1) is 14.6. The van der Waals surface area contributed by atoms with Crippen LogP contribution in [0.2, 0.25) is 0 Å². The fraction of sp³-hybridized carbons (Fsp3) is 0.588. The molecule has 5 rings (SSSR count). The fourth-order valence-electron chi connectivity index (χ4n) is 3.88. The van der Waals surface area contributed by atoms with E-state index in [2.05, 4.69) is 16.9 Å². The Morgan fingerprint density at radius 3 is 2.88 bits per heavy atom. The number of rotatable bonds is 1. The molecule has 3 aromatic heterocycles. The van der Waals surface area contributed by atoms with Gasteiger partial charge in [0.05, 0.1) is 18.6 Å². The van der Waals surface area contributed by atoms with Crippen molar-refractivity contribution in [2.75, 3.05) is 31.2 Å². The number of nitrogens with zero attached hydrogens (tertiary/aromatic N) is 5. The van der Waals surface area contributed by atoms with Gasteiger partial charge < -0.3 is 9.64 Å². The van der Waals surface area contributed by atoms with Crippen LogP contribution in [-0.2, 0) is 17.6 Å². The third-order valence-electron chi connectivity index (χ3n) is 5.11. The van der Waals surface area contributed by atoms with Crippen molar-refractivity contribution in [1.29, 1.82) is 0 Å². The zero-order valence-corrected chi connectivity index (χ0v) is 14.9. The second kappa shape index (κ2) is 5.39. The first-order valence-electron chi connectivity index (χ1n) is 8.71. The van der Waals surface area contributed by atoms with E-state index in [0.29, 0.717) is 0 Å². The van der Waals surface area contributed by atoms with Gasteiger partial charge in [-0.15, -0.1) is 16.4 Å². The molecule has 2 aliphatic rings. The van der Waals surface area contributed by atoms with Crippen molar-refractivity contribution in [1.82, 2.24) is 19.6 Å². The van der Waals surface area contributed by atoms with Crippen molar-refractivity contribution in [2.24, 2.45) is 5.92 Å². The Morgan fingerprint density at radius 1 is 1.21 bits per heavy atom. The highest BCUT2D eigenvalue weighted by molar-refractivity contribution is 7.19. The fourth-order valence-corrected chi connectivity index (χ4v) is 5.08. The minimum atomic E-state index is 0.735. The van der Waals surface area contributed by atoms with Gasteiger partial charge in [0.25, 0.3) is 0 Å². The molecule has 1 aliphatic heterocycles. The first-order valence-corrected chi connectivity index (χ1v) is 9.52. The Balaban J connectivity index is 1.78. The lowest BCUT2D eigenvalue weighted by atomic mass is 9.89. The van der Waals surface area contributed by atoms with Crippen LogP contribution in [0.3, 0.4) is 0 Å². The highest BCUT2D eigenvalue weighted by Crippen LogP contribution is 2.39. The average molecular weight is 343 g/mol. The summed E-state index contributed by atoms with van der Waals surface area (Å²) in [5.74, 6) is 2.45. The van der Waals surface area contributed by atoms with E-state index >= 15 is 0 Å². The van der Waals surface area contributed by atoms with E-state index < -0.39 is 0 Å². The lowest BCUT2D eigenvalue weighted by Gasteiger charge is -2.27. The van der Waals surface area contributed by atoms with Gasteiger partial charge in [-0.1, -0.05) is 6.92 Å². The molecular formula is C17H21N5OS. The molecule has 0 spiro atoms. The highest BCUT2D eigenvalue weighted by Gasteiger charge is 2.26. The van der Waals surface area contributed by atoms with Crippen LogP contribution >= 0.6 is 11.3 Å². The first-order chi connectivity index (χ1) is 11.7. The molecule has 126 valence electrons. The molecule has 3 aromatic rings. The molecule has 1 atom stereocenters. The van der Waals surface area contributed by atoms with E-state index in [0.717, 1.165) is 60.9 Å². The standard InChI is InChI=1S/C17H21N5OS/c1-10-3-4-13-12(9-10)14-15-18-11(2)20-22(15)17(19-16(14)24-13)21-5-7-23-8-6-21/h10H,3-9H2,1-2H3/t10-/m0/s1. The van der Waals surface area contributed by atoms with Crippen molar-refractivity contribution in [3.8, 4) is 0 Å². The molecule has 0 amide bonds. The number of morpholine rings is 1. The Labute approximate surface area is 144 Å². The van der Waals surface area contributed by atoms with Gasteiger partial charge >= 0.3 is 0 Å². The molecule has 1 fully saturated rings. The van der Waals surface area contributed by atoms with Crippen LogP contribution in [0, 0.1) is 12.8 Å². The predicted molar refractivity (Wildman–Crippen MR) is 95.1 cm³/mol. The summed E-state index contributed by atoms with van der Waals surface area (Å²) in [5, 5.41) is 5.89. The third kappa shape index (κ3) is 2.14. The second-order valence-corrected chi connectivity index (χ2v) is 8.02. The molecule has 1 aliphatic carbocycles.